The Labute approximate surface area is 157 Å². The lowest BCUT2D eigenvalue weighted by Crippen LogP contribution is -2.29. The van der Waals surface area contributed by atoms with Crippen molar-refractivity contribution in [3.63, 3.8) is 0 Å². The minimum atomic E-state index is -1.16. The number of hydrogen-bond donors (Lipinski definition) is 2. The van der Waals surface area contributed by atoms with Crippen molar-refractivity contribution in [1.29, 1.82) is 0 Å². The van der Waals surface area contributed by atoms with Crippen molar-refractivity contribution in [2.45, 2.75) is 46.8 Å². The molecule has 2 aromatic rings. The van der Waals surface area contributed by atoms with Crippen molar-refractivity contribution >= 4 is 17.6 Å². The molecular weight excluding hydrogens is 352 g/mol. The van der Waals surface area contributed by atoms with E-state index in [1.54, 1.807) is 0 Å². The van der Waals surface area contributed by atoms with E-state index in [2.05, 4.69) is 35.6 Å². The summed E-state index contributed by atoms with van der Waals surface area (Å²) in [6.07, 6.45) is -2.32. The Balaban J connectivity index is 1.97. The van der Waals surface area contributed by atoms with E-state index in [9.17, 15) is 8.78 Å². The normalized spacial score (nSPS) is 11.4. The van der Waals surface area contributed by atoms with Gasteiger partial charge in [-0.1, -0.05) is 24.3 Å². The number of anilines is 1. The van der Waals surface area contributed by atoms with Gasteiger partial charge in [0.1, 0.15) is 0 Å². The van der Waals surface area contributed by atoms with Gasteiger partial charge in [0.15, 0.2) is 0 Å². The Bertz CT molecular complexity index is 793. The first-order valence-electron chi connectivity index (χ1n) is 8.53. The zero-order valence-electron chi connectivity index (χ0n) is 15.8. The van der Waals surface area contributed by atoms with Crippen LogP contribution in [-0.2, 0) is 13.1 Å². The van der Waals surface area contributed by atoms with Gasteiger partial charge in [-0.25, -0.2) is 9.98 Å². The van der Waals surface area contributed by atoms with E-state index >= 15 is 0 Å². The highest BCUT2D eigenvalue weighted by molar-refractivity contribution is 5.94. The molecule has 0 amide bonds. The van der Waals surface area contributed by atoms with Gasteiger partial charge < -0.3 is 10.6 Å². The quantitative estimate of drug-likeness (QED) is 0.598. The minimum absolute atomic E-state index is 0.147. The maximum Gasteiger partial charge on any atom is 0.315 e. The number of halogens is 2. The number of hydrogen-bond acceptors (Lipinski definition) is 5. The van der Waals surface area contributed by atoms with E-state index in [0.29, 0.717) is 19.0 Å². The van der Waals surface area contributed by atoms with Crippen molar-refractivity contribution in [2.75, 3.05) is 5.32 Å². The standard InChI is InChI=1S/C18H23F2N7/c1-11(2)23-17(24-12(3)4)21-9-13-5-7-14(8-6-13)10-22-18-26-15(19)25-16(20)27-18/h5-8,11H,9-10H2,1-4H3,(H,21,23)(H,22,25,26,27). The molecule has 2 N–H and O–H groups in total. The first-order valence-corrected chi connectivity index (χ1v) is 8.53. The SMILES string of the molecule is CC(C)=NC(=NCc1ccc(CNc2nc(F)nc(F)n2)cc1)NC(C)C. The highest BCUT2D eigenvalue weighted by atomic mass is 19.1. The van der Waals surface area contributed by atoms with Crippen LogP contribution in [0, 0.1) is 12.2 Å². The molecule has 7 nitrogen and oxygen atoms in total. The average Bonchev–Trinajstić information content (AvgIpc) is 2.57. The molecule has 1 aromatic carbocycles. The molecule has 9 heteroatoms. The van der Waals surface area contributed by atoms with Crippen LogP contribution in [0.25, 0.3) is 0 Å². The highest BCUT2D eigenvalue weighted by Gasteiger charge is 2.05. The first kappa shape index (κ1) is 20.3. The highest BCUT2D eigenvalue weighted by Crippen LogP contribution is 2.08. The number of nitrogens with one attached hydrogen (secondary N) is 2. The molecule has 0 radical (unpaired) electrons. The van der Waals surface area contributed by atoms with Crippen LogP contribution in [0.5, 0.6) is 0 Å². The van der Waals surface area contributed by atoms with Gasteiger partial charge in [0.25, 0.3) is 0 Å². The largest absolute Gasteiger partial charge is 0.352 e. The molecule has 0 saturated heterocycles. The summed E-state index contributed by atoms with van der Waals surface area (Å²) in [6.45, 7) is 8.71. The van der Waals surface area contributed by atoms with Gasteiger partial charge in [-0.2, -0.15) is 23.7 Å². The lowest BCUT2D eigenvalue weighted by atomic mass is 10.1. The van der Waals surface area contributed by atoms with E-state index in [0.717, 1.165) is 16.8 Å². The lowest BCUT2D eigenvalue weighted by Gasteiger charge is -2.10. The van der Waals surface area contributed by atoms with Crippen molar-refractivity contribution in [3.8, 4) is 0 Å². The molecule has 0 spiro atoms. The Morgan fingerprint density at radius 2 is 1.59 bits per heavy atom. The summed E-state index contributed by atoms with van der Waals surface area (Å²) in [7, 11) is 0. The maximum atomic E-state index is 12.9. The number of nitrogens with zero attached hydrogens (tertiary/aromatic N) is 5. The van der Waals surface area contributed by atoms with Crippen LogP contribution in [0.3, 0.4) is 0 Å². The zero-order valence-corrected chi connectivity index (χ0v) is 15.8. The van der Waals surface area contributed by atoms with Crippen LogP contribution in [0.1, 0.15) is 38.8 Å². The van der Waals surface area contributed by atoms with E-state index in [1.807, 2.05) is 52.0 Å². The van der Waals surface area contributed by atoms with Gasteiger partial charge >= 0.3 is 12.2 Å². The minimum Gasteiger partial charge on any atom is -0.352 e. The van der Waals surface area contributed by atoms with E-state index in [1.165, 1.54) is 0 Å². The summed E-state index contributed by atoms with van der Waals surface area (Å²) in [6, 6.07) is 7.91. The molecule has 0 bridgehead atoms. The van der Waals surface area contributed by atoms with Crippen LogP contribution in [0.15, 0.2) is 34.3 Å². The molecule has 27 heavy (non-hydrogen) atoms. The van der Waals surface area contributed by atoms with Gasteiger partial charge in [0.05, 0.1) is 6.54 Å². The Morgan fingerprint density at radius 1 is 1.00 bits per heavy atom. The molecule has 1 heterocycles. The molecular formula is C18H23F2N7. The summed E-state index contributed by atoms with van der Waals surface area (Å²) < 4.78 is 25.9. The molecule has 1 aromatic heterocycles. The lowest BCUT2D eigenvalue weighted by molar-refractivity contribution is 0.457. The predicted molar refractivity (Wildman–Crippen MR) is 102 cm³/mol. The Hall–Kier alpha value is -2.97. The summed E-state index contributed by atoms with van der Waals surface area (Å²) in [4.78, 5) is 18.5. The number of aliphatic imine (C=N–C) groups is 2. The number of rotatable bonds is 6. The molecule has 0 atom stereocenters. The average molecular weight is 375 g/mol. The van der Waals surface area contributed by atoms with E-state index in [4.69, 9.17) is 0 Å². The molecule has 0 saturated carbocycles. The van der Waals surface area contributed by atoms with Crippen molar-refractivity contribution < 1.29 is 8.78 Å². The third kappa shape index (κ3) is 7.43. The monoisotopic (exact) mass is 375 g/mol. The molecule has 144 valence electrons. The smallest absolute Gasteiger partial charge is 0.315 e. The maximum absolute atomic E-state index is 12.9. The van der Waals surface area contributed by atoms with Crippen molar-refractivity contribution in [3.05, 3.63) is 47.5 Å². The first-order chi connectivity index (χ1) is 12.8. The molecule has 0 aliphatic rings. The van der Waals surface area contributed by atoms with Gasteiger partial charge in [0.2, 0.25) is 11.9 Å². The second-order valence-corrected chi connectivity index (χ2v) is 6.37. The van der Waals surface area contributed by atoms with E-state index in [-0.39, 0.29) is 12.0 Å². The topological polar surface area (TPSA) is 87.5 Å². The summed E-state index contributed by atoms with van der Waals surface area (Å²) in [5, 5.41) is 5.97. The van der Waals surface area contributed by atoms with Gasteiger partial charge in [0, 0.05) is 18.3 Å². The number of aromatic nitrogens is 3. The number of guanidine groups is 1. The van der Waals surface area contributed by atoms with Crippen molar-refractivity contribution in [1.82, 2.24) is 20.3 Å². The Kier molecular flexibility index (Phi) is 7.27. The molecule has 2 rings (SSSR count). The van der Waals surface area contributed by atoms with Crippen molar-refractivity contribution in [2.24, 2.45) is 9.98 Å². The van der Waals surface area contributed by atoms with Crippen LogP contribution in [0.2, 0.25) is 0 Å². The van der Waals surface area contributed by atoms with Crippen LogP contribution < -0.4 is 10.6 Å². The second-order valence-electron chi connectivity index (χ2n) is 6.37. The third-order valence-corrected chi connectivity index (χ3v) is 3.21. The molecule has 0 aliphatic carbocycles. The van der Waals surface area contributed by atoms with Crippen LogP contribution >= 0.6 is 0 Å². The molecule has 0 aliphatic heterocycles. The summed E-state index contributed by atoms with van der Waals surface area (Å²) in [5.74, 6) is 0.459. The zero-order chi connectivity index (χ0) is 19.8. The van der Waals surface area contributed by atoms with Gasteiger partial charge in [-0.3, -0.25) is 0 Å². The second kappa shape index (κ2) is 9.65. The van der Waals surface area contributed by atoms with Gasteiger partial charge in [-0.15, -0.1) is 0 Å². The summed E-state index contributed by atoms with van der Waals surface area (Å²) in [5.41, 5.74) is 2.85. The fourth-order valence-electron chi connectivity index (χ4n) is 2.10. The fraction of sp³-hybridized carbons (Fsp3) is 0.389. The predicted octanol–water partition coefficient (Wildman–Crippen LogP) is 3.10. The van der Waals surface area contributed by atoms with Gasteiger partial charge in [-0.05, 0) is 38.8 Å². The van der Waals surface area contributed by atoms with Crippen LogP contribution in [-0.4, -0.2) is 32.7 Å². The Morgan fingerprint density at radius 3 is 2.15 bits per heavy atom. The third-order valence-electron chi connectivity index (χ3n) is 3.21. The fourth-order valence-corrected chi connectivity index (χ4v) is 2.10. The summed E-state index contributed by atoms with van der Waals surface area (Å²) >= 11 is 0. The molecule has 0 fully saturated rings. The molecule has 0 unspecified atom stereocenters. The number of benzene rings is 1. The van der Waals surface area contributed by atoms with Crippen LogP contribution in [0.4, 0.5) is 14.7 Å². The van der Waals surface area contributed by atoms with E-state index < -0.39 is 12.2 Å².